The number of ketones is 1. The molecule has 0 aliphatic heterocycles. The fraction of sp³-hybridized carbons (Fsp3) is 0.0769. The largest absolute Gasteiger partial charge is 0.360 e. The number of anilines is 1. The summed E-state index contributed by atoms with van der Waals surface area (Å²) in [5.74, 6) is -0.164. The molecule has 0 aliphatic rings. The van der Waals surface area contributed by atoms with Gasteiger partial charge in [-0.15, -0.1) is 11.6 Å². The number of halogens is 2. The van der Waals surface area contributed by atoms with Crippen LogP contribution in [0.1, 0.15) is 16.1 Å². The van der Waals surface area contributed by atoms with E-state index in [1.165, 1.54) is 0 Å². The average molecular weight is 296 g/mol. The van der Waals surface area contributed by atoms with Gasteiger partial charge in [0.1, 0.15) is 0 Å². The van der Waals surface area contributed by atoms with Gasteiger partial charge in [0.25, 0.3) is 0 Å². The van der Waals surface area contributed by atoms with Crippen molar-refractivity contribution in [2.45, 2.75) is 0 Å². The summed E-state index contributed by atoms with van der Waals surface area (Å²) in [6, 6.07) is 8.96. The first-order valence-electron chi connectivity index (χ1n) is 5.52. The number of rotatable bonds is 5. The lowest BCUT2D eigenvalue weighted by molar-refractivity contribution is 0.102. The number of hydrazone groups is 1. The molecule has 6 heteroatoms. The number of aromatic amines is 1. The standard InChI is InChI=1S/C13H11Cl2N3O/c14-6-13(19)9-5-10(16-7-9)8-17-18-12-4-2-1-3-11(12)15/h1-5,7-8,16,18H,6H2/b17-8+. The minimum Gasteiger partial charge on any atom is -0.360 e. The van der Waals surface area contributed by atoms with Crippen molar-refractivity contribution in [1.29, 1.82) is 0 Å². The first kappa shape index (κ1) is 13.6. The van der Waals surface area contributed by atoms with E-state index in [0.29, 0.717) is 22.0 Å². The molecule has 1 heterocycles. The van der Waals surface area contributed by atoms with Crippen LogP contribution in [0.15, 0.2) is 41.6 Å². The Bertz CT molecular complexity index is 607. The molecule has 19 heavy (non-hydrogen) atoms. The Labute approximate surface area is 120 Å². The Balaban J connectivity index is 2.01. The SMILES string of the molecule is O=C(CCl)c1c[nH]c(/C=N/Nc2ccccc2Cl)c1. The first-order chi connectivity index (χ1) is 9.20. The number of nitrogens with zero attached hydrogens (tertiary/aromatic N) is 1. The molecule has 0 saturated carbocycles. The molecule has 0 spiro atoms. The van der Waals surface area contributed by atoms with Gasteiger partial charge >= 0.3 is 0 Å². The highest BCUT2D eigenvalue weighted by molar-refractivity contribution is 6.33. The molecule has 0 amide bonds. The van der Waals surface area contributed by atoms with E-state index in [2.05, 4.69) is 15.5 Å². The van der Waals surface area contributed by atoms with Crippen LogP contribution < -0.4 is 5.43 Å². The van der Waals surface area contributed by atoms with Crippen LogP contribution >= 0.6 is 23.2 Å². The minimum atomic E-state index is -0.128. The van der Waals surface area contributed by atoms with Crippen LogP contribution in [0, 0.1) is 0 Å². The van der Waals surface area contributed by atoms with Gasteiger partial charge in [-0.3, -0.25) is 10.2 Å². The van der Waals surface area contributed by atoms with Crippen molar-refractivity contribution in [3.63, 3.8) is 0 Å². The molecule has 2 N–H and O–H groups in total. The number of alkyl halides is 1. The van der Waals surface area contributed by atoms with Crippen LogP contribution in [0.5, 0.6) is 0 Å². The number of para-hydroxylation sites is 1. The third-order valence-corrected chi connectivity index (χ3v) is 2.98. The number of aromatic nitrogens is 1. The molecule has 98 valence electrons. The van der Waals surface area contributed by atoms with Crippen molar-refractivity contribution in [3.05, 3.63) is 52.8 Å². The first-order valence-corrected chi connectivity index (χ1v) is 6.43. The van der Waals surface area contributed by atoms with E-state index < -0.39 is 0 Å². The lowest BCUT2D eigenvalue weighted by Crippen LogP contribution is -1.97. The van der Waals surface area contributed by atoms with Crippen LogP contribution in [-0.2, 0) is 0 Å². The van der Waals surface area contributed by atoms with Gasteiger partial charge in [0.15, 0.2) is 5.78 Å². The summed E-state index contributed by atoms with van der Waals surface area (Å²) in [5, 5.41) is 4.62. The van der Waals surface area contributed by atoms with Crippen molar-refractivity contribution in [2.24, 2.45) is 5.10 Å². The second-order valence-electron chi connectivity index (χ2n) is 3.75. The molecule has 1 aromatic carbocycles. The number of carbonyl (C=O) groups excluding carboxylic acids is 1. The summed E-state index contributed by atoms with van der Waals surface area (Å²) in [4.78, 5) is 14.3. The molecule has 0 aliphatic carbocycles. The van der Waals surface area contributed by atoms with Crippen LogP contribution in [0.4, 0.5) is 5.69 Å². The molecule has 4 nitrogen and oxygen atoms in total. The highest BCUT2D eigenvalue weighted by Crippen LogP contribution is 2.20. The third-order valence-electron chi connectivity index (χ3n) is 2.41. The second kappa shape index (κ2) is 6.41. The number of carbonyl (C=O) groups is 1. The van der Waals surface area contributed by atoms with Crippen LogP contribution in [0.25, 0.3) is 0 Å². The van der Waals surface area contributed by atoms with E-state index in [9.17, 15) is 4.79 Å². The van der Waals surface area contributed by atoms with E-state index in [-0.39, 0.29) is 11.7 Å². The van der Waals surface area contributed by atoms with Gasteiger partial charge in [-0.25, -0.2) is 0 Å². The average Bonchev–Trinajstić information content (AvgIpc) is 2.89. The smallest absolute Gasteiger partial charge is 0.179 e. The number of Topliss-reactive ketones (excluding diaryl/α,β-unsaturated/α-hetero) is 1. The van der Waals surface area contributed by atoms with Crippen LogP contribution in [0.2, 0.25) is 5.02 Å². The normalized spacial score (nSPS) is 10.8. The van der Waals surface area contributed by atoms with E-state index in [1.807, 2.05) is 18.2 Å². The maximum atomic E-state index is 11.3. The van der Waals surface area contributed by atoms with E-state index in [1.54, 1.807) is 24.5 Å². The molecular weight excluding hydrogens is 285 g/mol. The predicted octanol–water partition coefficient (Wildman–Crippen LogP) is 3.54. The van der Waals surface area contributed by atoms with E-state index in [4.69, 9.17) is 23.2 Å². The van der Waals surface area contributed by atoms with E-state index >= 15 is 0 Å². The van der Waals surface area contributed by atoms with Gasteiger partial charge in [-0.1, -0.05) is 23.7 Å². The topological polar surface area (TPSA) is 57.2 Å². The zero-order chi connectivity index (χ0) is 13.7. The molecule has 0 unspecified atom stereocenters. The lowest BCUT2D eigenvalue weighted by atomic mass is 10.2. The Morgan fingerprint density at radius 3 is 2.95 bits per heavy atom. The maximum absolute atomic E-state index is 11.3. The number of hydrogen-bond donors (Lipinski definition) is 2. The van der Waals surface area contributed by atoms with Gasteiger partial charge < -0.3 is 4.98 Å². The fourth-order valence-electron chi connectivity index (χ4n) is 1.45. The highest BCUT2D eigenvalue weighted by Gasteiger charge is 2.05. The molecular formula is C13H11Cl2N3O. The zero-order valence-electron chi connectivity index (χ0n) is 9.86. The monoisotopic (exact) mass is 295 g/mol. The molecule has 2 aromatic rings. The van der Waals surface area contributed by atoms with Gasteiger partial charge in [0.05, 0.1) is 28.5 Å². The summed E-state index contributed by atoms with van der Waals surface area (Å²) in [7, 11) is 0. The summed E-state index contributed by atoms with van der Waals surface area (Å²) in [6.07, 6.45) is 3.16. The van der Waals surface area contributed by atoms with E-state index in [0.717, 1.165) is 0 Å². The zero-order valence-corrected chi connectivity index (χ0v) is 11.4. The summed E-state index contributed by atoms with van der Waals surface area (Å²) >= 11 is 11.4. The summed E-state index contributed by atoms with van der Waals surface area (Å²) in [6.45, 7) is 0. The van der Waals surface area contributed by atoms with Crippen molar-refractivity contribution < 1.29 is 4.79 Å². The molecule has 2 rings (SSSR count). The van der Waals surface area contributed by atoms with Gasteiger partial charge in [0, 0.05) is 11.8 Å². The highest BCUT2D eigenvalue weighted by atomic mass is 35.5. The molecule has 0 atom stereocenters. The number of benzene rings is 1. The molecule has 0 saturated heterocycles. The Morgan fingerprint density at radius 2 is 2.21 bits per heavy atom. The number of H-pyrrole nitrogens is 1. The van der Waals surface area contributed by atoms with Crippen molar-refractivity contribution in [1.82, 2.24) is 4.98 Å². The minimum absolute atomic E-state index is 0.0354. The fourth-order valence-corrected chi connectivity index (χ4v) is 1.78. The number of nitrogens with one attached hydrogen (secondary N) is 2. The summed E-state index contributed by atoms with van der Waals surface area (Å²) in [5.41, 5.74) is 4.77. The van der Waals surface area contributed by atoms with Crippen molar-refractivity contribution in [3.8, 4) is 0 Å². The lowest BCUT2D eigenvalue weighted by Gasteiger charge is -2.01. The molecule has 0 bridgehead atoms. The van der Waals surface area contributed by atoms with Gasteiger partial charge in [-0.2, -0.15) is 5.10 Å². The van der Waals surface area contributed by atoms with Crippen LogP contribution in [0.3, 0.4) is 0 Å². The molecule has 1 aromatic heterocycles. The number of hydrogen-bond acceptors (Lipinski definition) is 3. The molecule has 0 fully saturated rings. The quantitative estimate of drug-likeness (QED) is 0.384. The molecule has 0 radical (unpaired) electrons. The Morgan fingerprint density at radius 1 is 1.42 bits per heavy atom. The Kier molecular flexibility index (Phi) is 4.60. The van der Waals surface area contributed by atoms with Gasteiger partial charge in [0.2, 0.25) is 0 Å². The van der Waals surface area contributed by atoms with Crippen LogP contribution in [-0.4, -0.2) is 22.9 Å². The Hall–Kier alpha value is -1.78. The maximum Gasteiger partial charge on any atom is 0.179 e. The predicted molar refractivity (Wildman–Crippen MR) is 78.5 cm³/mol. The summed E-state index contributed by atoms with van der Waals surface area (Å²) < 4.78 is 0. The van der Waals surface area contributed by atoms with Crippen molar-refractivity contribution in [2.75, 3.05) is 11.3 Å². The third kappa shape index (κ3) is 3.59. The second-order valence-corrected chi connectivity index (χ2v) is 4.42. The van der Waals surface area contributed by atoms with Gasteiger partial charge in [-0.05, 0) is 18.2 Å². The van der Waals surface area contributed by atoms with Crippen molar-refractivity contribution >= 4 is 40.9 Å².